The van der Waals surface area contributed by atoms with Crippen LogP contribution in [-0.2, 0) is 0 Å². The third-order valence-electron chi connectivity index (χ3n) is 3.30. The van der Waals surface area contributed by atoms with E-state index in [1.165, 1.54) is 0 Å². The fourth-order valence-corrected chi connectivity index (χ4v) is 2.34. The highest BCUT2D eigenvalue weighted by Crippen LogP contribution is 2.41. The number of aromatic nitrogens is 3. The smallest absolute Gasteiger partial charge is 0.292 e. The highest BCUT2D eigenvalue weighted by atomic mass is 19.3. The molecule has 3 rings (SSSR count). The topological polar surface area (TPSA) is 85.3 Å². The van der Waals surface area contributed by atoms with E-state index in [4.69, 9.17) is 8.94 Å². The first-order chi connectivity index (χ1) is 9.87. The predicted octanol–water partition coefficient (Wildman–Crippen LogP) is 1.90. The summed E-state index contributed by atoms with van der Waals surface area (Å²) in [6, 6.07) is -0.974. The van der Waals surface area contributed by atoms with Crippen LogP contribution in [0.5, 0.6) is 0 Å². The van der Waals surface area contributed by atoms with Gasteiger partial charge in [-0.05, 0) is 13.8 Å². The average Bonchev–Trinajstić information content (AvgIpc) is 3.08. The first kappa shape index (κ1) is 13.7. The van der Waals surface area contributed by atoms with E-state index >= 15 is 0 Å². The summed E-state index contributed by atoms with van der Waals surface area (Å²) < 4.78 is 37.3. The molecule has 1 saturated heterocycles. The molecule has 0 unspecified atom stereocenters. The molecule has 112 valence electrons. The molecule has 1 aliphatic heterocycles. The van der Waals surface area contributed by atoms with Gasteiger partial charge in [-0.3, -0.25) is 4.79 Å². The number of oxazole rings is 1. The van der Waals surface area contributed by atoms with Crippen LogP contribution < -0.4 is 0 Å². The zero-order valence-electron chi connectivity index (χ0n) is 11.3. The van der Waals surface area contributed by atoms with Gasteiger partial charge in [0.05, 0.1) is 12.2 Å². The van der Waals surface area contributed by atoms with Gasteiger partial charge in [-0.1, -0.05) is 5.16 Å². The van der Waals surface area contributed by atoms with Crippen molar-refractivity contribution >= 4 is 5.91 Å². The normalized spacial score (nSPS) is 21.0. The van der Waals surface area contributed by atoms with Crippen LogP contribution in [0.1, 0.15) is 40.4 Å². The maximum Gasteiger partial charge on any atom is 0.292 e. The first-order valence-electron chi connectivity index (χ1n) is 6.26. The largest absolute Gasteiger partial charge is 0.438 e. The minimum Gasteiger partial charge on any atom is -0.438 e. The molecule has 0 radical (unpaired) electrons. The van der Waals surface area contributed by atoms with Crippen molar-refractivity contribution in [2.45, 2.75) is 32.2 Å². The van der Waals surface area contributed by atoms with Crippen LogP contribution >= 0.6 is 0 Å². The van der Waals surface area contributed by atoms with Gasteiger partial charge in [-0.2, -0.15) is 4.98 Å². The zero-order chi connectivity index (χ0) is 15.2. The summed E-state index contributed by atoms with van der Waals surface area (Å²) in [5, 5.41) is 3.58. The fourth-order valence-electron chi connectivity index (χ4n) is 2.34. The van der Waals surface area contributed by atoms with Crippen LogP contribution in [0.2, 0.25) is 0 Å². The zero-order valence-corrected chi connectivity index (χ0v) is 11.3. The summed E-state index contributed by atoms with van der Waals surface area (Å²) in [4.78, 5) is 21.1. The van der Waals surface area contributed by atoms with Crippen LogP contribution in [0, 0.1) is 13.8 Å². The van der Waals surface area contributed by atoms with Gasteiger partial charge >= 0.3 is 0 Å². The van der Waals surface area contributed by atoms with E-state index in [1.54, 1.807) is 13.8 Å². The number of hydrogen-bond acceptors (Lipinski definition) is 6. The predicted molar refractivity (Wildman–Crippen MR) is 63.6 cm³/mol. The summed E-state index contributed by atoms with van der Waals surface area (Å²) in [6.45, 7) is 2.42. The molecule has 21 heavy (non-hydrogen) atoms. The molecule has 1 amide bonds. The molecule has 0 spiro atoms. The van der Waals surface area contributed by atoms with Gasteiger partial charge in [0.25, 0.3) is 11.8 Å². The van der Waals surface area contributed by atoms with Gasteiger partial charge in [0.1, 0.15) is 6.04 Å². The van der Waals surface area contributed by atoms with Gasteiger partial charge in [-0.15, -0.1) is 0 Å². The van der Waals surface area contributed by atoms with Gasteiger partial charge in [0.15, 0.2) is 12.2 Å². The Kier molecular flexibility index (Phi) is 2.99. The Morgan fingerprint density at radius 2 is 2.24 bits per heavy atom. The number of likely N-dealkylation sites (tertiary alicyclic amines) is 1. The summed E-state index contributed by atoms with van der Waals surface area (Å²) in [6.07, 6.45) is 0.538. The molecule has 0 bridgehead atoms. The Labute approximate surface area is 117 Å². The molecule has 0 saturated carbocycles. The molecule has 9 heteroatoms. The monoisotopic (exact) mass is 298 g/mol. The van der Waals surface area contributed by atoms with E-state index in [2.05, 4.69) is 15.1 Å². The standard InChI is InChI=1S/C12H12F2N4O3/c1-6-9(20-5-15-6)11(19)18-4-12(13,14)3-8(18)10-16-7(2)17-21-10/h5,8H,3-4H2,1-2H3/t8-/m0/s1. The summed E-state index contributed by atoms with van der Waals surface area (Å²) >= 11 is 0. The van der Waals surface area contributed by atoms with E-state index in [-0.39, 0.29) is 11.7 Å². The molecule has 7 nitrogen and oxygen atoms in total. The molecule has 3 heterocycles. The van der Waals surface area contributed by atoms with Crippen LogP contribution in [0.3, 0.4) is 0 Å². The van der Waals surface area contributed by atoms with E-state index in [0.717, 1.165) is 11.3 Å². The summed E-state index contributed by atoms with van der Waals surface area (Å²) in [5.74, 6) is -3.42. The van der Waals surface area contributed by atoms with Crippen LogP contribution in [-0.4, -0.2) is 38.4 Å². The number of halogens is 2. The third-order valence-corrected chi connectivity index (χ3v) is 3.30. The second-order valence-electron chi connectivity index (χ2n) is 4.96. The third kappa shape index (κ3) is 2.39. The number of rotatable bonds is 2. The Bertz CT molecular complexity index is 682. The number of amides is 1. The number of carbonyl (C=O) groups is 1. The van der Waals surface area contributed by atoms with E-state index in [0.29, 0.717) is 11.5 Å². The van der Waals surface area contributed by atoms with Crippen molar-refractivity contribution in [2.75, 3.05) is 6.54 Å². The van der Waals surface area contributed by atoms with E-state index in [9.17, 15) is 13.6 Å². The van der Waals surface area contributed by atoms with Crippen molar-refractivity contribution < 1.29 is 22.5 Å². The second-order valence-corrected chi connectivity index (χ2v) is 4.96. The molecular weight excluding hydrogens is 286 g/mol. The molecular formula is C12H12F2N4O3. The molecule has 0 aliphatic carbocycles. The van der Waals surface area contributed by atoms with Crippen molar-refractivity contribution in [3.8, 4) is 0 Å². The van der Waals surface area contributed by atoms with Gasteiger partial charge in [-0.25, -0.2) is 13.8 Å². The molecule has 2 aromatic rings. The van der Waals surface area contributed by atoms with Crippen molar-refractivity contribution in [3.05, 3.63) is 29.6 Å². The molecule has 0 N–H and O–H groups in total. The first-order valence-corrected chi connectivity index (χ1v) is 6.26. The molecule has 2 aromatic heterocycles. The number of carbonyl (C=O) groups excluding carboxylic acids is 1. The van der Waals surface area contributed by atoms with Gasteiger partial charge in [0.2, 0.25) is 11.7 Å². The fraction of sp³-hybridized carbons (Fsp3) is 0.500. The van der Waals surface area contributed by atoms with E-state index in [1.807, 2.05) is 0 Å². The van der Waals surface area contributed by atoms with Crippen LogP contribution in [0.4, 0.5) is 8.78 Å². The minimum absolute atomic E-state index is 0.00445. The maximum atomic E-state index is 13.7. The lowest BCUT2D eigenvalue weighted by Crippen LogP contribution is -2.33. The molecule has 1 aliphatic rings. The lowest BCUT2D eigenvalue weighted by Gasteiger charge is -2.19. The minimum atomic E-state index is -3.02. The van der Waals surface area contributed by atoms with Gasteiger partial charge < -0.3 is 13.8 Å². The lowest BCUT2D eigenvalue weighted by molar-refractivity contribution is 0.0113. The highest BCUT2D eigenvalue weighted by molar-refractivity contribution is 5.92. The Balaban J connectivity index is 1.95. The van der Waals surface area contributed by atoms with Gasteiger partial charge in [0, 0.05) is 6.42 Å². The maximum absolute atomic E-state index is 13.7. The highest BCUT2D eigenvalue weighted by Gasteiger charge is 2.50. The SMILES string of the molecule is Cc1noc([C@@H]2CC(F)(F)CN2C(=O)c2ocnc2C)n1. The quantitative estimate of drug-likeness (QED) is 0.841. The summed E-state index contributed by atoms with van der Waals surface area (Å²) in [7, 11) is 0. The Morgan fingerprint density at radius 1 is 1.48 bits per heavy atom. The summed E-state index contributed by atoms with van der Waals surface area (Å²) in [5.41, 5.74) is 0.343. The number of hydrogen-bond donors (Lipinski definition) is 0. The average molecular weight is 298 g/mol. The molecule has 1 atom stereocenters. The Morgan fingerprint density at radius 3 is 2.81 bits per heavy atom. The van der Waals surface area contributed by atoms with Crippen LogP contribution in [0.15, 0.2) is 15.3 Å². The second kappa shape index (κ2) is 4.61. The van der Waals surface area contributed by atoms with Crippen molar-refractivity contribution in [1.29, 1.82) is 0 Å². The Hall–Kier alpha value is -2.32. The van der Waals surface area contributed by atoms with Crippen molar-refractivity contribution in [2.24, 2.45) is 0 Å². The van der Waals surface area contributed by atoms with Crippen LogP contribution in [0.25, 0.3) is 0 Å². The number of nitrogens with zero attached hydrogens (tertiary/aromatic N) is 4. The van der Waals surface area contributed by atoms with E-state index < -0.39 is 30.8 Å². The lowest BCUT2D eigenvalue weighted by atomic mass is 10.2. The number of aryl methyl sites for hydroxylation is 2. The van der Waals surface area contributed by atoms with Crippen molar-refractivity contribution in [1.82, 2.24) is 20.0 Å². The molecule has 1 fully saturated rings. The molecule has 0 aromatic carbocycles. The number of alkyl halides is 2. The van der Waals surface area contributed by atoms with Crippen molar-refractivity contribution in [3.63, 3.8) is 0 Å².